The Hall–Kier alpha value is -2.38. The molecule has 0 bridgehead atoms. The molecule has 8 heteroatoms. The molecule has 0 aliphatic rings. The van der Waals surface area contributed by atoms with E-state index in [2.05, 4.69) is 0 Å². The lowest BCUT2D eigenvalue weighted by Gasteiger charge is -1.94. The van der Waals surface area contributed by atoms with Gasteiger partial charge in [-0.3, -0.25) is 14.4 Å². The smallest absolute Gasteiger partial charge is 0.327 e. The second-order valence-corrected chi connectivity index (χ2v) is 4.02. The molecule has 120 valence electrons. The third-order valence-corrected chi connectivity index (χ3v) is 2.07. The minimum atomic E-state index is -1.05. The van der Waals surface area contributed by atoms with Gasteiger partial charge in [0, 0.05) is 25.3 Å². The zero-order chi connectivity index (χ0) is 16.7. The van der Waals surface area contributed by atoms with E-state index in [9.17, 15) is 19.2 Å². The molecule has 0 aromatic carbocycles. The van der Waals surface area contributed by atoms with Crippen molar-refractivity contribution in [3.8, 4) is 0 Å². The van der Waals surface area contributed by atoms with Gasteiger partial charge >= 0.3 is 23.9 Å². The first-order valence-electron chi connectivity index (χ1n) is 6.30. The molecule has 0 aliphatic heterocycles. The molecule has 0 aromatic rings. The largest absolute Gasteiger partial charge is 0.481 e. The van der Waals surface area contributed by atoms with Crippen LogP contribution in [-0.4, -0.2) is 44.3 Å². The van der Waals surface area contributed by atoms with Crippen LogP contribution < -0.4 is 0 Å². The molecule has 4 N–H and O–H groups in total. The van der Waals surface area contributed by atoms with E-state index in [0.29, 0.717) is 19.3 Å². The van der Waals surface area contributed by atoms with Crippen LogP contribution in [-0.2, 0) is 19.2 Å². The molecule has 0 heterocycles. The summed E-state index contributed by atoms with van der Waals surface area (Å²) in [5.41, 5.74) is 0. The summed E-state index contributed by atoms with van der Waals surface area (Å²) >= 11 is 0. The summed E-state index contributed by atoms with van der Waals surface area (Å²) in [5.74, 6) is -3.61. The molecule has 0 spiro atoms. The highest BCUT2D eigenvalue weighted by atomic mass is 16.4. The number of hydrogen-bond acceptors (Lipinski definition) is 4. The van der Waals surface area contributed by atoms with E-state index in [1.165, 1.54) is 6.08 Å². The molecule has 0 aromatic heterocycles. The van der Waals surface area contributed by atoms with Crippen LogP contribution in [0.3, 0.4) is 0 Å². The monoisotopic (exact) mass is 304 g/mol. The average molecular weight is 304 g/mol. The van der Waals surface area contributed by atoms with E-state index < -0.39 is 23.9 Å². The van der Waals surface area contributed by atoms with E-state index in [-0.39, 0.29) is 25.7 Å². The summed E-state index contributed by atoms with van der Waals surface area (Å²) in [6.45, 7) is 0. The van der Waals surface area contributed by atoms with Crippen LogP contribution in [0.25, 0.3) is 0 Å². The molecule has 8 nitrogen and oxygen atoms in total. The number of carbonyl (C=O) groups is 4. The van der Waals surface area contributed by atoms with Gasteiger partial charge < -0.3 is 20.4 Å². The topological polar surface area (TPSA) is 149 Å². The lowest BCUT2D eigenvalue weighted by atomic mass is 10.1. The van der Waals surface area contributed by atoms with Crippen molar-refractivity contribution in [1.82, 2.24) is 0 Å². The van der Waals surface area contributed by atoms with Crippen molar-refractivity contribution in [3.63, 3.8) is 0 Å². The molecule has 0 rings (SSSR count). The Kier molecular flexibility index (Phi) is 14.0. The van der Waals surface area contributed by atoms with Crippen LogP contribution in [0.4, 0.5) is 0 Å². The first-order chi connectivity index (χ1) is 9.75. The third-order valence-electron chi connectivity index (χ3n) is 2.07. The molecular formula is C13H20O8. The van der Waals surface area contributed by atoms with Crippen molar-refractivity contribution in [2.24, 2.45) is 0 Å². The van der Waals surface area contributed by atoms with Crippen LogP contribution >= 0.6 is 0 Å². The Morgan fingerprint density at radius 1 is 0.667 bits per heavy atom. The number of allylic oxidation sites excluding steroid dienone is 1. The van der Waals surface area contributed by atoms with Crippen molar-refractivity contribution >= 4 is 23.9 Å². The van der Waals surface area contributed by atoms with Crippen molar-refractivity contribution in [1.29, 1.82) is 0 Å². The second kappa shape index (κ2) is 14.0. The molecule has 0 radical (unpaired) electrons. The standard InChI is InChI=1S/C7H12O4.C6H8O4/c8-6(9)4-2-1-3-5-7(10)11;7-5(8)3-1-2-4-6(9)10/h1-5H2,(H,8,9)(H,10,11);1,3H,2,4H2,(H,7,8)(H,9,10)/b;3-1+. The first-order valence-corrected chi connectivity index (χ1v) is 6.30. The zero-order valence-electron chi connectivity index (χ0n) is 11.5. The van der Waals surface area contributed by atoms with Crippen molar-refractivity contribution in [2.75, 3.05) is 0 Å². The minimum Gasteiger partial charge on any atom is -0.481 e. The van der Waals surface area contributed by atoms with Gasteiger partial charge in [0.2, 0.25) is 0 Å². The van der Waals surface area contributed by atoms with Crippen molar-refractivity contribution in [3.05, 3.63) is 12.2 Å². The normalized spacial score (nSPS) is 9.71. The molecule has 0 saturated heterocycles. The fourth-order valence-electron chi connectivity index (χ4n) is 1.12. The second-order valence-electron chi connectivity index (χ2n) is 4.02. The van der Waals surface area contributed by atoms with E-state index in [1.54, 1.807) is 0 Å². The molecule has 21 heavy (non-hydrogen) atoms. The predicted molar refractivity (Wildman–Crippen MR) is 72.0 cm³/mol. The summed E-state index contributed by atoms with van der Waals surface area (Å²) in [4.78, 5) is 39.6. The highest BCUT2D eigenvalue weighted by molar-refractivity contribution is 5.79. The van der Waals surface area contributed by atoms with Gasteiger partial charge in [-0.25, -0.2) is 4.79 Å². The average Bonchev–Trinajstić information content (AvgIpc) is 2.34. The summed E-state index contributed by atoms with van der Waals surface area (Å²) in [6.07, 6.45) is 4.59. The van der Waals surface area contributed by atoms with Gasteiger partial charge in [-0.1, -0.05) is 12.5 Å². The van der Waals surface area contributed by atoms with Crippen LogP contribution in [0.5, 0.6) is 0 Å². The highest BCUT2D eigenvalue weighted by Gasteiger charge is 1.98. The lowest BCUT2D eigenvalue weighted by Crippen LogP contribution is -1.96. The number of carboxylic acids is 4. The Balaban J connectivity index is 0. The van der Waals surface area contributed by atoms with Crippen LogP contribution in [0.15, 0.2) is 12.2 Å². The van der Waals surface area contributed by atoms with Gasteiger partial charge in [-0.05, 0) is 19.3 Å². The Labute approximate surface area is 121 Å². The third kappa shape index (κ3) is 27.0. The van der Waals surface area contributed by atoms with Crippen molar-refractivity contribution < 1.29 is 39.6 Å². The number of rotatable bonds is 10. The summed E-state index contributed by atoms with van der Waals surface area (Å²) < 4.78 is 0. The van der Waals surface area contributed by atoms with Gasteiger partial charge in [0.25, 0.3) is 0 Å². The Morgan fingerprint density at radius 2 is 1.10 bits per heavy atom. The van der Waals surface area contributed by atoms with Gasteiger partial charge in [-0.2, -0.15) is 0 Å². The molecule has 0 aliphatic carbocycles. The highest BCUT2D eigenvalue weighted by Crippen LogP contribution is 2.02. The number of aliphatic carboxylic acids is 4. The minimum absolute atomic E-state index is 0.0240. The lowest BCUT2D eigenvalue weighted by molar-refractivity contribution is -0.138. The molecular weight excluding hydrogens is 284 g/mol. The van der Waals surface area contributed by atoms with Gasteiger partial charge in [0.1, 0.15) is 0 Å². The maximum absolute atomic E-state index is 9.98. The maximum atomic E-state index is 9.98. The summed E-state index contributed by atoms with van der Waals surface area (Å²) in [6, 6.07) is 0. The van der Waals surface area contributed by atoms with Gasteiger partial charge in [0.05, 0.1) is 0 Å². The van der Waals surface area contributed by atoms with Crippen LogP contribution in [0.2, 0.25) is 0 Å². The Morgan fingerprint density at radius 3 is 1.43 bits per heavy atom. The van der Waals surface area contributed by atoms with E-state index in [0.717, 1.165) is 6.08 Å². The number of carboxylic acid groups (broad SMARTS) is 4. The van der Waals surface area contributed by atoms with Crippen LogP contribution in [0, 0.1) is 0 Å². The predicted octanol–water partition coefficient (Wildman–Crippen LogP) is 1.60. The van der Waals surface area contributed by atoms with Crippen LogP contribution in [0.1, 0.15) is 44.9 Å². The quantitative estimate of drug-likeness (QED) is 0.351. The van der Waals surface area contributed by atoms with Gasteiger partial charge in [-0.15, -0.1) is 0 Å². The Bertz CT molecular complexity index is 356. The van der Waals surface area contributed by atoms with E-state index >= 15 is 0 Å². The SMILES string of the molecule is O=C(O)/C=C/CCC(=O)O.O=C(O)CCCCCC(=O)O. The number of unbranched alkanes of at least 4 members (excludes halogenated alkanes) is 2. The molecule has 0 saturated carbocycles. The molecule has 0 unspecified atom stereocenters. The van der Waals surface area contributed by atoms with E-state index in [4.69, 9.17) is 20.4 Å². The maximum Gasteiger partial charge on any atom is 0.327 e. The summed E-state index contributed by atoms with van der Waals surface area (Å²) in [5, 5.41) is 32.6. The first kappa shape index (κ1) is 20.9. The summed E-state index contributed by atoms with van der Waals surface area (Å²) in [7, 11) is 0. The molecule has 0 amide bonds. The van der Waals surface area contributed by atoms with Gasteiger partial charge in [0.15, 0.2) is 0 Å². The zero-order valence-corrected chi connectivity index (χ0v) is 11.5. The molecule has 0 atom stereocenters. The van der Waals surface area contributed by atoms with Crippen molar-refractivity contribution in [2.45, 2.75) is 44.9 Å². The fraction of sp³-hybridized carbons (Fsp3) is 0.538. The van der Waals surface area contributed by atoms with E-state index in [1.807, 2.05) is 0 Å². The number of hydrogen-bond donors (Lipinski definition) is 4. The fourth-order valence-corrected chi connectivity index (χ4v) is 1.12. The molecule has 0 fully saturated rings.